The molecule has 2 rings (SSSR count). The van der Waals surface area contributed by atoms with Crippen molar-refractivity contribution in [3.63, 3.8) is 0 Å². The maximum Gasteiger partial charge on any atom is 0.341 e. The smallest absolute Gasteiger partial charge is 0.341 e. The van der Waals surface area contributed by atoms with Crippen LogP contribution in [0.15, 0.2) is 18.3 Å². The Kier molecular flexibility index (Phi) is 3.04. The Morgan fingerprint density at radius 2 is 2.28 bits per heavy atom. The van der Waals surface area contributed by atoms with Crippen LogP contribution in [-0.4, -0.2) is 42.8 Å². The molecule has 2 heterocycles. The molecule has 0 aromatic carbocycles. The van der Waals surface area contributed by atoms with E-state index in [0.29, 0.717) is 4.85 Å². The molecule has 2 N–H and O–H groups in total. The number of rotatable bonds is 4. The summed E-state index contributed by atoms with van der Waals surface area (Å²) in [7, 11) is 0. The Hall–Kier alpha value is -2.71. The first-order valence-corrected chi connectivity index (χ1v) is 4.69. The van der Waals surface area contributed by atoms with Crippen LogP contribution in [0.5, 0.6) is 6.01 Å². The minimum atomic E-state index is -1.20. The first-order valence-electron chi connectivity index (χ1n) is 4.69. The quantitative estimate of drug-likeness (QED) is 0.748. The molecule has 9 heteroatoms. The number of halogens is 1. The summed E-state index contributed by atoms with van der Waals surface area (Å²) in [5, 5.41) is 21.2. The molecule has 0 unspecified atom stereocenters. The van der Waals surface area contributed by atoms with Crippen LogP contribution in [-0.2, 0) is 4.79 Å². The molecule has 0 saturated carbocycles. The van der Waals surface area contributed by atoms with Crippen LogP contribution in [0.2, 0.25) is 0 Å². The van der Waals surface area contributed by atoms with Gasteiger partial charge in [-0.05, 0) is 12.1 Å². The van der Waals surface area contributed by atoms with Crippen LogP contribution in [0.1, 0.15) is 0 Å². The van der Waals surface area contributed by atoms with E-state index in [4.69, 9.17) is 5.11 Å². The number of nitrogens with zero attached hydrogens (tertiary/aromatic N) is 4. The predicted molar refractivity (Wildman–Crippen MR) is 53.5 cm³/mol. The predicted octanol–water partition coefficient (Wildman–Crippen LogP) is 0.180. The standard InChI is InChI=1S/C9H7FN4O4/c10-5-1-2-6(11-3-5)8-12-9(13-14(8)17)18-4-7(15)16/h1-3,17H,4H2,(H,15,16). The fourth-order valence-corrected chi connectivity index (χ4v) is 1.14. The highest BCUT2D eigenvalue weighted by Gasteiger charge is 2.14. The lowest BCUT2D eigenvalue weighted by atomic mass is 10.3. The minimum absolute atomic E-state index is 0.0876. The summed E-state index contributed by atoms with van der Waals surface area (Å²) in [5.41, 5.74) is 0.163. The molecule has 0 aliphatic heterocycles. The van der Waals surface area contributed by atoms with E-state index in [0.717, 1.165) is 12.3 Å². The fourth-order valence-electron chi connectivity index (χ4n) is 1.14. The molecule has 0 bridgehead atoms. The minimum Gasteiger partial charge on any atom is -0.479 e. The fraction of sp³-hybridized carbons (Fsp3) is 0.111. The molecule has 0 aliphatic carbocycles. The number of aromatic nitrogens is 4. The molecule has 0 atom stereocenters. The third-order valence-electron chi connectivity index (χ3n) is 1.85. The van der Waals surface area contributed by atoms with Crippen LogP contribution < -0.4 is 4.74 Å². The molecule has 0 saturated heterocycles. The van der Waals surface area contributed by atoms with Crippen molar-refractivity contribution >= 4 is 5.97 Å². The maximum atomic E-state index is 12.7. The van der Waals surface area contributed by atoms with E-state index in [1.807, 2.05) is 0 Å². The molecule has 0 aliphatic rings. The van der Waals surface area contributed by atoms with E-state index in [-0.39, 0.29) is 17.5 Å². The molecule has 0 amide bonds. The molecule has 2 aromatic rings. The maximum absolute atomic E-state index is 12.7. The Morgan fingerprint density at radius 1 is 1.50 bits per heavy atom. The van der Waals surface area contributed by atoms with Crippen molar-refractivity contribution in [1.82, 2.24) is 19.9 Å². The molecule has 2 aromatic heterocycles. The van der Waals surface area contributed by atoms with Gasteiger partial charge in [0.1, 0.15) is 11.5 Å². The number of hydrogen-bond acceptors (Lipinski definition) is 6. The second-order valence-electron chi connectivity index (χ2n) is 3.15. The van der Waals surface area contributed by atoms with Crippen molar-refractivity contribution in [1.29, 1.82) is 0 Å². The van der Waals surface area contributed by atoms with Gasteiger partial charge in [-0.3, -0.25) is 0 Å². The van der Waals surface area contributed by atoms with E-state index in [1.54, 1.807) is 0 Å². The van der Waals surface area contributed by atoms with E-state index in [2.05, 4.69) is 19.8 Å². The van der Waals surface area contributed by atoms with Crippen molar-refractivity contribution in [2.75, 3.05) is 6.61 Å². The Bertz CT molecular complexity index is 568. The molecule has 94 valence electrons. The lowest BCUT2D eigenvalue weighted by Gasteiger charge is -1.96. The monoisotopic (exact) mass is 254 g/mol. The molecule has 8 nitrogen and oxygen atoms in total. The zero-order valence-corrected chi connectivity index (χ0v) is 8.82. The number of carboxylic acids is 1. The number of carboxylic acid groups (broad SMARTS) is 1. The van der Waals surface area contributed by atoms with Gasteiger partial charge in [-0.15, -0.1) is 0 Å². The summed E-state index contributed by atoms with van der Waals surface area (Å²) in [5.74, 6) is -1.83. The molecule has 0 fully saturated rings. The first-order chi connectivity index (χ1) is 8.56. The van der Waals surface area contributed by atoms with Gasteiger partial charge >= 0.3 is 12.0 Å². The number of hydrogen-bond donors (Lipinski definition) is 2. The highest BCUT2D eigenvalue weighted by atomic mass is 19.1. The second kappa shape index (κ2) is 4.65. The van der Waals surface area contributed by atoms with Crippen molar-refractivity contribution in [3.8, 4) is 17.5 Å². The molecule has 18 heavy (non-hydrogen) atoms. The molecular weight excluding hydrogens is 247 g/mol. The number of ether oxygens (including phenoxy) is 1. The summed E-state index contributed by atoms with van der Waals surface area (Å²) < 4.78 is 17.3. The Labute approximate surface area is 99.2 Å². The summed E-state index contributed by atoms with van der Waals surface area (Å²) >= 11 is 0. The van der Waals surface area contributed by atoms with Crippen LogP contribution in [0.25, 0.3) is 11.5 Å². The molecular formula is C9H7FN4O4. The van der Waals surface area contributed by atoms with Gasteiger partial charge in [-0.1, -0.05) is 9.94 Å². The number of carbonyl (C=O) groups is 1. The van der Waals surface area contributed by atoms with Crippen molar-refractivity contribution in [2.45, 2.75) is 0 Å². The van der Waals surface area contributed by atoms with Gasteiger partial charge in [0.15, 0.2) is 6.61 Å². The first kappa shape index (κ1) is 11.8. The SMILES string of the molecule is O=C(O)COc1nc(-c2ccc(F)cn2)n(O)n1. The highest BCUT2D eigenvalue weighted by molar-refractivity contribution is 5.68. The number of aliphatic carboxylic acids is 1. The summed E-state index contributed by atoms with van der Waals surface area (Å²) in [6.07, 6.45) is 0.946. The van der Waals surface area contributed by atoms with Gasteiger partial charge in [0.25, 0.3) is 0 Å². The average Bonchev–Trinajstić information content (AvgIpc) is 2.69. The van der Waals surface area contributed by atoms with E-state index < -0.39 is 18.4 Å². The summed E-state index contributed by atoms with van der Waals surface area (Å²) in [4.78, 5) is 18.0. The Balaban J connectivity index is 2.23. The normalized spacial score (nSPS) is 10.3. The molecule has 0 spiro atoms. The van der Waals surface area contributed by atoms with Crippen LogP contribution >= 0.6 is 0 Å². The van der Waals surface area contributed by atoms with Crippen LogP contribution in [0.3, 0.4) is 0 Å². The van der Waals surface area contributed by atoms with Gasteiger partial charge in [0.2, 0.25) is 5.82 Å². The third-order valence-corrected chi connectivity index (χ3v) is 1.85. The number of pyridine rings is 1. The van der Waals surface area contributed by atoms with Gasteiger partial charge in [0, 0.05) is 0 Å². The Morgan fingerprint density at radius 3 is 2.89 bits per heavy atom. The van der Waals surface area contributed by atoms with Crippen LogP contribution in [0, 0.1) is 5.82 Å². The lowest BCUT2D eigenvalue weighted by molar-refractivity contribution is -0.139. The summed E-state index contributed by atoms with van der Waals surface area (Å²) in [6.45, 7) is -0.639. The van der Waals surface area contributed by atoms with Crippen LogP contribution in [0.4, 0.5) is 4.39 Å². The second-order valence-corrected chi connectivity index (χ2v) is 3.15. The zero-order valence-electron chi connectivity index (χ0n) is 8.82. The third kappa shape index (κ3) is 2.51. The zero-order chi connectivity index (χ0) is 13.1. The van der Waals surface area contributed by atoms with Gasteiger partial charge < -0.3 is 15.1 Å². The van der Waals surface area contributed by atoms with Gasteiger partial charge in [0.05, 0.1) is 6.20 Å². The van der Waals surface area contributed by atoms with Crippen molar-refractivity contribution in [2.24, 2.45) is 0 Å². The molecule has 0 radical (unpaired) electrons. The highest BCUT2D eigenvalue weighted by Crippen LogP contribution is 2.16. The van der Waals surface area contributed by atoms with Gasteiger partial charge in [-0.25, -0.2) is 14.2 Å². The van der Waals surface area contributed by atoms with Crippen molar-refractivity contribution in [3.05, 3.63) is 24.1 Å². The topological polar surface area (TPSA) is 110 Å². The van der Waals surface area contributed by atoms with Crippen molar-refractivity contribution < 1.29 is 24.2 Å². The van der Waals surface area contributed by atoms with E-state index >= 15 is 0 Å². The van der Waals surface area contributed by atoms with E-state index in [1.165, 1.54) is 6.07 Å². The lowest BCUT2D eigenvalue weighted by Crippen LogP contribution is -2.10. The van der Waals surface area contributed by atoms with Gasteiger partial charge in [-0.2, -0.15) is 4.98 Å². The summed E-state index contributed by atoms with van der Waals surface area (Å²) in [6, 6.07) is 2.10. The average molecular weight is 254 g/mol. The largest absolute Gasteiger partial charge is 0.479 e. The van der Waals surface area contributed by atoms with E-state index in [9.17, 15) is 14.4 Å².